The molecule has 0 aromatic rings. The van der Waals surface area contributed by atoms with Gasteiger partial charge in [0.2, 0.25) is 0 Å². The van der Waals surface area contributed by atoms with Crippen LogP contribution in [0.2, 0.25) is 0 Å². The summed E-state index contributed by atoms with van der Waals surface area (Å²) in [7, 11) is 0. The SMILES string of the molecule is [CH][CH]CCCCC[CH]. The Labute approximate surface area is 53.3 Å². The van der Waals surface area contributed by atoms with Crippen LogP contribution < -0.4 is 0 Å². The molecule has 0 spiro atoms. The first-order chi connectivity index (χ1) is 3.91. The van der Waals surface area contributed by atoms with E-state index in [0.29, 0.717) is 0 Å². The van der Waals surface area contributed by atoms with Crippen molar-refractivity contribution in [1.29, 1.82) is 0 Å². The first-order valence-electron chi connectivity index (χ1n) is 3.15. The number of unbranched alkanes of at least 4 members (excludes halogenated alkanes) is 5. The van der Waals surface area contributed by atoms with Crippen molar-refractivity contribution in [2.24, 2.45) is 0 Å². The van der Waals surface area contributed by atoms with Gasteiger partial charge in [-0.25, -0.2) is 0 Å². The van der Waals surface area contributed by atoms with Gasteiger partial charge >= 0.3 is 0 Å². The molecule has 0 aliphatic rings. The third-order valence-corrected chi connectivity index (χ3v) is 1.07. The molecule has 0 saturated heterocycles. The highest BCUT2D eigenvalue weighted by Gasteiger charge is 1.83. The molecule has 0 atom stereocenters. The summed E-state index contributed by atoms with van der Waals surface area (Å²) in [6.45, 7) is 10.4. The first kappa shape index (κ1) is 8.00. The predicted octanol–water partition coefficient (Wildman–Crippen LogP) is 2.56. The van der Waals surface area contributed by atoms with Crippen LogP contribution in [0.3, 0.4) is 0 Å². The lowest BCUT2D eigenvalue weighted by atomic mass is 10.1. The molecule has 8 heavy (non-hydrogen) atoms. The highest BCUT2D eigenvalue weighted by molar-refractivity contribution is 4.65. The molecule has 0 bridgehead atoms. The molecule has 0 nitrogen and oxygen atoms in total. The Kier molecular flexibility index (Phi) is 7.00. The number of hydrogen-bond donors (Lipinski definition) is 0. The molecule has 45 valence electrons. The van der Waals surface area contributed by atoms with Crippen molar-refractivity contribution in [2.75, 3.05) is 0 Å². The zero-order valence-corrected chi connectivity index (χ0v) is 5.27. The van der Waals surface area contributed by atoms with Gasteiger partial charge in [0.1, 0.15) is 0 Å². The zero-order chi connectivity index (χ0) is 6.24. The van der Waals surface area contributed by atoms with Crippen LogP contribution in [0, 0.1) is 20.3 Å². The van der Waals surface area contributed by atoms with Crippen molar-refractivity contribution in [2.45, 2.75) is 32.1 Å². The van der Waals surface area contributed by atoms with E-state index in [1.807, 2.05) is 0 Å². The fraction of sp³-hybridized carbons (Fsp3) is 0.625. The van der Waals surface area contributed by atoms with Crippen molar-refractivity contribution in [3.05, 3.63) is 20.3 Å². The molecule has 0 aromatic heterocycles. The standard InChI is InChI=1S/C8H13/c1-3-5-7-8-6-4-2/h1-3H,4-8H2. The molecule has 0 N–H and O–H groups in total. The van der Waals surface area contributed by atoms with Crippen LogP contribution in [0.1, 0.15) is 32.1 Å². The predicted molar refractivity (Wildman–Crippen MR) is 36.0 cm³/mol. The van der Waals surface area contributed by atoms with E-state index < -0.39 is 0 Å². The Bertz CT molecular complexity index is 25.0. The lowest BCUT2D eigenvalue weighted by Gasteiger charge is -1.93. The van der Waals surface area contributed by atoms with Crippen LogP contribution in [0.25, 0.3) is 0 Å². The second kappa shape index (κ2) is 7.00. The Morgan fingerprint density at radius 1 is 1.12 bits per heavy atom. The third kappa shape index (κ3) is 6.00. The zero-order valence-electron chi connectivity index (χ0n) is 5.27. The fourth-order valence-corrected chi connectivity index (χ4v) is 0.583. The molecular formula is C8H13. The van der Waals surface area contributed by atoms with E-state index in [9.17, 15) is 0 Å². The van der Waals surface area contributed by atoms with E-state index in [4.69, 9.17) is 13.8 Å². The molecule has 0 amide bonds. The second-order valence-corrected chi connectivity index (χ2v) is 1.87. The molecule has 0 aliphatic heterocycles. The van der Waals surface area contributed by atoms with Crippen LogP contribution >= 0.6 is 0 Å². The average molecular weight is 109 g/mol. The summed E-state index contributed by atoms with van der Waals surface area (Å²) in [5.74, 6) is 0. The van der Waals surface area contributed by atoms with Gasteiger partial charge in [0, 0.05) is 0 Å². The first-order valence-corrected chi connectivity index (χ1v) is 3.15. The molecule has 0 unspecified atom stereocenters. The highest BCUT2D eigenvalue weighted by atomic mass is 13.9. The topological polar surface area (TPSA) is 0 Å². The molecule has 0 saturated carbocycles. The highest BCUT2D eigenvalue weighted by Crippen LogP contribution is 2.02. The normalized spacial score (nSPS) is 9.75. The van der Waals surface area contributed by atoms with Crippen molar-refractivity contribution >= 4 is 0 Å². The summed E-state index contributed by atoms with van der Waals surface area (Å²) >= 11 is 0. The molecule has 0 rings (SSSR count). The van der Waals surface area contributed by atoms with Gasteiger partial charge in [-0.2, -0.15) is 0 Å². The summed E-state index contributed by atoms with van der Waals surface area (Å²) in [6.07, 6.45) is 7.08. The second-order valence-electron chi connectivity index (χ2n) is 1.87. The number of hydrogen-bond acceptors (Lipinski definition) is 0. The average Bonchev–Trinajstić information content (AvgIpc) is 1.81. The minimum Gasteiger partial charge on any atom is -0.0533 e. The van der Waals surface area contributed by atoms with Crippen molar-refractivity contribution in [3.63, 3.8) is 0 Å². The quantitative estimate of drug-likeness (QED) is 0.476. The maximum Gasteiger partial charge on any atom is -0.0315 e. The molecule has 0 fully saturated rings. The van der Waals surface area contributed by atoms with Gasteiger partial charge in [0.25, 0.3) is 0 Å². The summed E-state index contributed by atoms with van der Waals surface area (Å²) in [5.41, 5.74) is 0. The van der Waals surface area contributed by atoms with Crippen molar-refractivity contribution < 1.29 is 0 Å². The summed E-state index contributed by atoms with van der Waals surface area (Å²) < 4.78 is 0. The van der Waals surface area contributed by atoms with E-state index in [-0.39, 0.29) is 0 Å². The Balaban J connectivity index is 2.53. The number of rotatable bonds is 5. The van der Waals surface area contributed by atoms with Gasteiger partial charge in [0.15, 0.2) is 0 Å². The van der Waals surface area contributed by atoms with E-state index in [1.165, 1.54) is 12.8 Å². The van der Waals surface area contributed by atoms with Gasteiger partial charge < -0.3 is 0 Å². The summed E-state index contributed by atoms with van der Waals surface area (Å²) in [6, 6.07) is 0. The monoisotopic (exact) mass is 109 g/mol. The Morgan fingerprint density at radius 2 is 1.88 bits per heavy atom. The molecule has 0 heteroatoms. The van der Waals surface area contributed by atoms with E-state index in [0.717, 1.165) is 19.3 Å². The van der Waals surface area contributed by atoms with Crippen LogP contribution in [0.4, 0.5) is 0 Å². The van der Waals surface area contributed by atoms with E-state index in [2.05, 4.69) is 0 Å². The van der Waals surface area contributed by atoms with Crippen LogP contribution in [-0.4, -0.2) is 0 Å². The molecule has 0 aromatic carbocycles. The van der Waals surface area contributed by atoms with Crippen LogP contribution in [0.5, 0.6) is 0 Å². The maximum absolute atomic E-state index is 5.27. The largest absolute Gasteiger partial charge is 0.0533 e. The molecule has 0 aliphatic carbocycles. The molecule has 0 heterocycles. The molecular weight excluding hydrogens is 96.1 g/mol. The van der Waals surface area contributed by atoms with Gasteiger partial charge in [-0.05, 0) is 33.1 Å². The van der Waals surface area contributed by atoms with Crippen LogP contribution in [0.15, 0.2) is 0 Å². The third-order valence-electron chi connectivity index (χ3n) is 1.07. The van der Waals surface area contributed by atoms with E-state index >= 15 is 0 Å². The van der Waals surface area contributed by atoms with Gasteiger partial charge in [-0.1, -0.05) is 19.3 Å². The minimum absolute atomic E-state index is 0.810. The van der Waals surface area contributed by atoms with Gasteiger partial charge in [-0.15, -0.1) is 0 Å². The van der Waals surface area contributed by atoms with Gasteiger partial charge in [0.05, 0.1) is 0 Å². The summed E-state index contributed by atoms with van der Waals surface area (Å²) in [5, 5.41) is 0. The summed E-state index contributed by atoms with van der Waals surface area (Å²) in [4.78, 5) is 0. The van der Waals surface area contributed by atoms with E-state index in [1.54, 1.807) is 6.42 Å². The van der Waals surface area contributed by atoms with Crippen molar-refractivity contribution in [3.8, 4) is 0 Å². The lowest BCUT2D eigenvalue weighted by Crippen LogP contribution is -1.74. The van der Waals surface area contributed by atoms with Crippen LogP contribution in [-0.2, 0) is 0 Å². The lowest BCUT2D eigenvalue weighted by molar-refractivity contribution is 0.685. The Morgan fingerprint density at radius 3 is 2.38 bits per heavy atom. The molecule has 5 radical (unpaired) electrons. The Hall–Kier alpha value is 0. The maximum atomic E-state index is 5.27. The van der Waals surface area contributed by atoms with Gasteiger partial charge in [-0.3, -0.25) is 0 Å². The van der Waals surface area contributed by atoms with Crippen molar-refractivity contribution in [1.82, 2.24) is 0 Å². The smallest absolute Gasteiger partial charge is 0.0315 e. The minimum atomic E-state index is 0.810. The fourth-order valence-electron chi connectivity index (χ4n) is 0.583.